The van der Waals surface area contributed by atoms with Gasteiger partial charge in [0.2, 0.25) is 0 Å². The zero-order valence-electron chi connectivity index (χ0n) is 15.1. The fourth-order valence-corrected chi connectivity index (χ4v) is 2.77. The number of hydrogen-bond donors (Lipinski definition) is 3. The van der Waals surface area contributed by atoms with E-state index in [0.717, 1.165) is 6.54 Å². The van der Waals surface area contributed by atoms with E-state index < -0.39 is 24.3 Å². The Morgan fingerprint density at radius 3 is 1.72 bits per heavy atom. The Balaban J connectivity index is 0.000000255. The summed E-state index contributed by atoms with van der Waals surface area (Å²) < 4.78 is 63.5. The monoisotopic (exact) mass is 430 g/mol. The van der Waals surface area contributed by atoms with Gasteiger partial charge in [-0.05, 0) is 18.5 Å². The average Bonchev–Trinajstić information content (AvgIpc) is 3.00. The SMILES string of the molecule is O=C(O)C(F)(F)F.O=C(O)C(F)(F)F.c1ccc(CN2CCC3(CNC3)C2)cc1. The summed E-state index contributed by atoms with van der Waals surface area (Å²) in [5.41, 5.74) is 2.08. The molecule has 1 aromatic rings. The van der Waals surface area contributed by atoms with Gasteiger partial charge in [0.25, 0.3) is 0 Å². The molecule has 3 N–H and O–H groups in total. The number of carboxylic acid groups (broad SMARTS) is 2. The van der Waals surface area contributed by atoms with E-state index in [-0.39, 0.29) is 0 Å². The summed E-state index contributed by atoms with van der Waals surface area (Å²) in [5, 5.41) is 17.7. The highest BCUT2D eigenvalue weighted by Gasteiger charge is 2.42. The molecule has 2 heterocycles. The molecule has 0 bridgehead atoms. The van der Waals surface area contributed by atoms with Crippen LogP contribution in [-0.2, 0) is 16.1 Å². The largest absolute Gasteiger partial charge is 0.490 e. The number of carboxylic acids is 2. The minimum absolute atomic E-state index is 0.634. The molecule has 3 rings (SSSR count). The number of hydrogen-bond acceptors (Lipinski definition) is 4. The topological polar surface area (TPSA) is 89.9 Å². The first kappa shape index (κ1) is 24.7. The Morgan fingerprint density at radius 1 is 0.966 bits per heavy atom. The van der Waals surface area contributed by atoms with E-state index in [1.54, 1.807) is 0 Å². The van der Waals surface area contributed by atoms with Crippen molar-refractivity contribution in [2.75, 3.05) is 26.2 Å². The minimum atomic E-state index is -5.08. The Bertz CT molecular complexity index is 651. The van der Waals surface area contributed by atoms with E-state index in [2.05, 4.69) is 40.5 Å². The van der Waals surface area contributed by atoms with Crippen LogP contribution < -0.4 is 5.32 Å². The number of nitrogens with one attached hydrogen (secondary N) is 1. The molecule has 164 valence electrons. The molecule has 2 saturated heterocycles. The molecular formula is C17H20F6N2O4. The van der Waals surface area contributed by atoms with E-state index in [4.69, 9.17) is 19.8 Å². The molecular weight excluding hydrogens is 410 g/mol. The zero-order valence-corrected chi connectivity index (χ0v) is 15.1. The van der Waals surface area contributed by atoms with Crippen molar-refractivity contribution in [1.29, 1.82) is 0 Å². The molecule has 0 aromatic heterocycles. The molecule has 2 aliphatic heterocycles. The highest BCUT2D eigenvalue weighted by molar-refractivity contribution is 5.73. The molecule has 0 unspecified atom stereocenters. The van der Waals surface area contributed by atoms with Gasteiger partial charge in [0.15, 0.2) is 0 Å². The van der Waals surface area contributed by atoms with E-state index >= 15 is 0 Å². The molecule has 1 spiro atoms. The third-order valence-electron chi connectivity index (χ3n) is 4.25. The van der Waals surface area contributed by atoms with Crippen LogP contribution in [0.25, 0.3) is 0 Å². The van der Waals surface area contributed by atoms with Crippen LogP contribution in [0.15, 0.2) is 30.3 Å². The Morgan fingerprint density at radius 2 is 1.41 bits per heavy atom. The van der Waals surface area contributed by atoms with Crippen molar-refractivity contribution in [2.24, 2.45) is 5.41 Å². The number of alkyl halides is 6. The Hall–Kier alpha value is -2.34. The van der Waals surface area contributed by atoms with E-state index in [0.29, 0.717) is 5.41 Å². The summed E-state index contributed by atoms with van der Waals surface area (Å²) in [6, 6.07) is 10.8. The van der Waals surface area contributed by atoms with Gasteiger partial charge in [0.05, 0.1) is 0 Å². The summed E-state index contributed by atoms with van der Waals surface area (Å²) in [5.74, 6) is -5.51. The fraction of sp³-hybridized carbons (Fsp3) is 0.529. The lowest BCUT2D eigenvalue weighted by molar-refractivity contribution is -0.193. The molecule has 0 saturated carbocycles. The smallest absolute Gasteiger partial charge is 0.475 e. The van der Waals surface area contributed by atoms with Gasteiger partial charge in [-0.25, -0.2) is 9.59 Å². The maximum Gasteiger partial charge on any atom is 0.490 e. The normalized spacial score (nSPS) is 18.0. The Kier molecular flexibility index (Phi) is 8.45. The predicted octanol–water partition coefficient (Wildman–Crippen LogP) is 2.75. The maximum absolute atomic E-state index is 10.6. The molecule has 0 atom stereocenters. The highest BCUT2D eigenvalue weighted by atomic mass is 19.4. The van der Waals surface area contributed by atoms with Crippen LogP contribution in [0.1, 0.15) is 12.0 Å². The zero-order chi connectivity index (χ0) is 22.3. The highest BCUT2D eigenvalue weighted by Crippen LogP contribution is 2.34. The first-order valence-corrected chi connectivity index (χ1v) is 8.32. The molecule has 12 heteroatoms. The molecule has 6 nitrogen and oxygen atoms in total. The van der Waals surface area contributed by atoms with Gasteiger partial charge < -0.3 is 15.5 Å². The molecule has 2 aliphatic rings. The van der Waals surface area contributed by atoms with Crippen molar-refractivity contribution < 1.29 is 46.1 Å². The number of carbonyl (C=O) groups is 2. The summed E-state index contributed by atoms with van der Waals surface area (Å²) >= 11 is 0. The molecule has 0 radical (unpaired) electrons. The lowest BCUT2D eigenvalue weighted by Crippen LogP contribution is -2.54. The van der Waals surface area contributed by atoms with E-state index in [1.807, 2.05) is 0 Å². The van der Waals surface area contributed by atoms with Gasteiger partial charge in [-0.15, -0.1) is 0 Å². The van der Waals surface area contributed by atoms with E-state index in [9.17, 15) is 26.3 Å². The lowest BCUT2D eigenvalue weighted by Gasteiger charge is -2.39. The summed E-state index contributed by atoms with van der Waals surface area (Å²) in [6.07, 6.45) is -8.78. The summed E-state index contributed by atoms with van der Waals surface area (Å²) in [6.45, 7) is 6.16. The number of halogens is 6. The fourth-order valence-electron chi connectivity index (χ4n) is 2.77. The van der Waals surface area contributed by atoms with Crippen molar-refractivity contribution in [3.8, 4) is 0 Å². The van der Waals surface area contributed by atoms with Crippen molar-refractivity contribution in [1.82, 2.24) is 10.2 Å². The van der Waals surface area contributed by atoms with Crippen LogP contribution in [0.2, 0.25) is 0 Å². The number of likely N-dealkylation sites (tertiary alicyclic amines) is 1. The average molecular weight is 430 g/mol. The molecule has 29 heavy (non-hydrogen) atoms. The number of benzene rings is 1. The number of rotatable bonds is 2. The first-order chi connectivity index (χ1) is 13.3. The van der Waals surface area contributed by atoms with Gasteiger partial charge in [-0.2, -0.15) is 26.3 Å². The van der Waals surface area contributed by atoms with Crippen molar-refractivity contribution >= 4 is 11.9 Å². The minimum Gasteiger partial charge on any atom is -0.475 e. The van der Waals surface area contributed by atoms with Crippen LogP contribution in [0.3, 0.4) is 0 Å². The van der Waals surface area contributed by atoms with Gasteiger partial charge in [0.1, 0.15) is 0 Å². The van der Waals surface area contributed by atoms with Crippen LogP contribution in [0.4, 0.5) is 26.3 Å². The predicted molar refractivity (Wildman–Crippen MR) is 89.0 cm³/mol. The van der Waals surface area contributed by atoms with Crippen LogP contribution >= 0.6 is 0 Å². The number of aliphatic carboxylic acids is 2. The number of nitrogens with zero attached hydrogens (tertiary/aromatic N) is 1. The van der Waals surface area contributed by atoms with Gasteiger partial charge in [-0.3, -0.25) is 4.90 Å². The van der Waals surface area contributed by atoms with Gasteiger partial charge in [0, 0.05) is 31.6 Å². The first-order valence-electron chi connectivity index (χ1n) is 8.32. The third kappa shape index (κ3) is 8.69. The maximum atomic E-state index is 10.6. The van der Waals surface area contributed by atoms with Crippen LogP contribution in [-0.4, -0.2) is 65.6 Å². The molecule has 0 amide bonds. The molecule has 2 fully saturated rings. The standard InChI is InChI=1S/C13H18N2.2C2HF3O2/c1-2-4-12(5-3-1)8-15-7-6-13(11-15)9-14-10-13;2*3-2(4,5)1(6)7/h1-5,14H,6-11H2;2*(H,6,7). The third-order valence-corrected chi connectivity index (χ3v) is 4.25. The lowest BCUT2D eigenvalue weighted by atomic mass is 9.81. The van der Waals surface area contributed by atoms with Crippen molar-refractivity contribution in [3.05, 3.63) is 35.9 Å². The van der Waals surface area contributed by atoms with Crippen molar-refractivity contribution in [3.63, 3.8) is 0 Å². The quantitative estimate of drug-likeness (QED) is 0.626. The van der Waals surface area contributed by atoms with Crippen molar-refractivity contribution in [2.45, 2.75) is 25.3 Å². The van der Waals surface area contributed by atoms with Gasteiger partial charge >= 0.3 is 24.3 Å². The second-order valence-corrected chi connectivity index (χ2v) is 6.66. The van der Waals surface area contributed by atoms with E-state index in [1.165, 1.54) is 38.2 Å². The molecule has 0 aliphatic carbocycles. The Labute approximate surface area is 162 Å². The summed E-state index contributed by atoms with van der Waals surface area (Å²) in [7, 11) is 0. The van der Waals surface area contributed by atoms with Gasteiger partial charge in [-0.1, -0.05) is 30.3 Å². The summed E-state index contributed by atoms with van der Waals surface area (Å²) in [4.78, 5) is 20.4. The van der Waals surface area contributed by atoms with Crippen LogP contribution in [0, 0.1) is 5.41 Å². The molecule has 1 aromatic carbocycles. The van der Waals surface area contributed by atoms with Crippen LogP contribution in [0.5, 0.6) is 0 Å². The second kappa shape index (κ2) is 9.92. The second-order valence-electron chi connectivity index (χ2n) is 6.66.